The molecule has 0 bridgehead atoms. The molecular formula is C23H21ClN4O4. The smallest absolute Gasteiger partial charge is 0.338 e. The third-order valence-electron chi connectivity index (χ3n) is 6.00. The van der Waals surface area contributed by atoms with Crippen molar-refractivity contribution in [1.29, 1.82) is 0 Å². The third kappa shape index (κ3) is 3.03. The van der Waals surface area contributed by atoms with Crippen molar-refractivity contribution in [1.82, 2.24) is 19.4 Å². The molecule has 1 atom stereocenters. The third-order valence-corrected chi connectivity index (χ3v) is 6.25. The van der Waals surface area contributed by atoms with Gasteiger partial charge in [0.2, 0.25) is 5.88 Å². The van der Waals surface area contributed by atoms with E-state index in [2.05, 4.69) is 10.3 Å². The molecule has 2 aromatic carbocycles. The van der Waals surface area contributed by atoms with E-state index in [1.165, 1.54) is 7.05 Å². The topological polar surface area (TPSA) is 101 Å². The van der Waals surface area contributed by atoms with Crippen LogP contribution in [0, 0.1) is 0 Å². The molecule has 0 spiro atoms. The second-order valence-electron chi connectivity index (χ2n) is 7.76. The molecule has 164 valence electrons. The average Bonchev–Trinajstić information content (AvgIpc) is 3.17. The predicted molar refractivity (Wildman–Crippen MR) is 122 cm³/mol. The first-order valence-corrected chi connectivity index (χ1v) is 10.5. The van der Waals surface area contributed by atoms with Gasteiger partial charge in [0.1, 0.15) is 11.3 Å². The Morgan fingerprint density at radius 1 is 1.16 bits per heavy atom. The summed E-state index contributed by atoms with van der Waals surface area (Å²) in [4.78, 5) is 29.8. The number of halogens is 1. The highest BCUT2D eigenvalue weighted by molar-refractivity contribution is 6.30. The summed E-state index contributed by atoms with van der Waals surface area (Å²) in [7, 11) is 3.05. The van der Waals surface area contributed by atoms with Gasteiger partial charge in [0.15, 0.2) is 0 Å². The van der Waals surface area contributed by atoms with Crippen LogP contribution in [0.1, 0.15) is 22.9 Å². The zero-order valence-corrected chi connectivity index (χ0v) is 18.2. The number of methoxy groups -OCH3 is 1. The molecule has 4 aromatic rings. The molecule has 0 saturated carbocycles. The van der Waals surface area contributed by atoms with E-state index in [-0.39, 0.29) is 11.4 Å². The standard InChI is InChI=1S/C23H21ClN4O4/c1-27-21(29)18(22(30)28(23(27)31)13-5-3-12(24)4-6-13)20-19-15(9-10-25-20)16-11-14(32-2)7-8-17(16)26-19/h3-8,11,20,25-26,29H,9-10H2,1-2H3. The lowest BCUT2D eigenvalue weighted by molar-refractivity contribution is 0.394. The minimum absolute atomic E-state index is 0.0986. The van der Waals surface area contributed by atoms with Crippen molar-refractivity contribution >= 4 is 22.5 Å². The van der Waals surface area contributed by atoms with E-state index in [1.54, 1.807) is 31.4 Å². The molecule has 8 nitrogen and oxygen atoms in total. The first-order valence-electron chi connectivity index (χ1n) is 10.1. The van der Waals surface area contributed by atoms with Gasteiger partial charge in [-0.2, -0.15) is 0 Å². The normalized spacial score (nSPS) is 15.7. The highest BCUT2D eigenvalue weighted by Gasteiger charge is 2.32. The van der Waals surface area contributed by atoms with Crippen LogP contribution < -0.4 is 21.3 Å². The molecule has 0 fully saturated rings. The van der Waals surface area contributed by atoms with Gasteiger partial charge in [-0.1, -0.05) is 11.6 Å². The summed E-state index contributed by atoms with van der Waals surface area (Å²) >= 11 is 5.97. The number of rotatable bonds is 3. The maximum Gasteiger partial charge on any atom is 0.338 e. The Morgan fingerprint density at radius 2 is 1.91 bits per heavy atom. The van der Waals surface area contributed by atoms with E-state index in [9.17, 15) is 14.7 Å². The SMILES string of the molecule is COc1ccc2[nH]c3c(c2c1)CCNC3c1c(O)n(C)c(=O)n(-c2ccc(Cl)cc2)c1=O. The summed E-state index contributed by atoms with van der Waals surface area (Å²) in [5.74, 6) is 0.372. The molecule has 1 aliphatic heterocycles. The molecule has 1 aliphatic rings. The van der Waals surface area contributed by atoms with Crippen molar-refractivity contribution < 1.29 is 9.84 Å². The summed E-state index contributed by atoms with van der Waals surface area (Å²) in [6, 6.07) is 11.5. The van der Waals surface area contributed by atoms with E-state index in [0.717, 1.165) is 43.5 Å². The molecule has 3 N–H and O–H groups in total. The molecule has 0 radical (unpaired) electrons. The number of aromatic nitrogens is 3. The summed E-state index contributed by atoms with van der Waals surface area (Å²) in [5.41, 5.74) is 1.99. The fourth-order valence-corrected chi connectivity index (χ4v) is 4.50. The van der Waals surface area contributed by atoms with Gasteiger partial charge in [-0.15, -0.1) is 0 Å². The number of fused-ring (bicyclic) bond motifs is 3. The van der Waals surface area contributed by atoms with Gasteiger partial charge in [0.25, 0.3) is 5.56 Å². The molecule has 5 rings (SSSR count). The highest BCUT2D eigenvalue weighted by atomic mass is 35.5. The summed E-state index contributed by atoms with van der Waals surface area (Å²) < 4.78 is 7.49. The van der Waals surface area contributed by atoms with Crippen LogP contribution >= 0.6 is 11.6 Å². The van der Waals surface area contributed by atoms with Gasteiger partial charge in [-0.3, -0.25) is 9.36 Å². The molecule has 0 saturated heterocycles. The summed E-state index contributed by atoms with van der Waals surface area (Å²) in [6.45, 7) is 0.602. The van der Waals surface area contributed by atoms with Crippen LogP contribution in [-0.2, 0) is 13.5 Å². The van der Waals surface area contributed by atoms with Crippen LogP contribution in [0.3, 0.4) is 0 Å². The quantitative estimate of drug-likeness (QED) is 0.443. The lowest BCUT2D eigenvalue weighted by atomic mass is 9.95. The van der Waals surface area contributed by atoms with Crippen LogP contribution in [0.25, 0.3) is 16.6 Å². The predicted octanol–water partition coefficient (Wildman–Crippen LogP) is 2.62. The number of ether oxygens (including phenoxy) is 1. The Morgan fingerprint density at radius 3 is 2.62 bits per heavy atom. The van der Waals surface area contributed by atoms with Crippen molar-refractivity contribution in [2.24, 2.45) is 7.05 Å². The van der Waals surface area contributed by atoms with Crippen molar-refractivity contribution in [3.8, 4) is 17.3 Å². The minimum Gasteiger partial charge on any atom is -0.497 e. The number of H-pyrrole nitrogens is 1. The lowest BCUT2D eigenvalue weighted by Crippen LogP contribution is -2.43. The molecule has 32 heavy (non-hydrogen) atoms. The fourth-order valence-electron chi connectivity index (χ4n) is 4.37. The number of nitrogens with one attached hydrogen (secondary N) is 2. The second kappa shape index (κ2) is 7.58. The largest absolute Gasteiger partial charge is 0.497 e. The van der Waals surface area contributed by atoms with Gasteiger partial charge >= 0.3 is 5.69 Å². The number of aromatic hydroxyl groups is 1. The molecule has 2 aromatic heterocycles. The molecular weight excluding hydrogens is 432 g/mol. The maximum atomic E-state index is 13.6. The lowest BCUT2D eigenvalue weighted by Gasteiger charge is -2.26. The van der Waals surface area contributed by atoms with Crippen LogP contribution in [0.2, 0.25) is 5.02 Å². The van der Waals surface area contributed by atoms with Gasteiger partial charge in [0.05, 0.1) is 18.8 Å². The van der Waals surface area contributed by atoms with E-state index >= 15 is 0 Å². The monoisotopic (exact) mass is 452 g/mol. The van der Waals surface area contributed by atoms with Crippen LogP contribution in [0.4, 0.5) is 0 Å². The zero-order chi connectivity index (χ0) is 22.6. The molecule has 3 heterocycles. The van der Waals surface area contributed by atoms with Gasteiger partial charge in [-0.25, -0.2) is 9.36 Å². The Balaban J connectivity index is 1.76. The van der Waals surface area contributed by atoms with E-state index in [1.807, 2.05) is 18.2 Å². The van der Waals surface area contributed by atoms with Gasteiger partial charge < -0.3 is 20.1 Å². The molecule has 1 unspecified atom stereocenters. The molecule has 0 aliphatic carbocycles. The second-order valence-corrected chi connectivity index (χ2v) is 8.20. The zero-order valence-electron chi connectivity index (χ0n) is 17.5. The number of hydrogen-bond acceptors (Lipinski definition) is 5. The first-order chi connectivity index (χ1) is 15.4. The Kier molecular flexibility index (Phi) is 4.83. The van der Waals surface area contributed by atoms with Crippen LogP contribution in [0.5, 0.6) is 11.6 Å². The van der Waals surface area contributed by atoms with Crippen molar-refractivity contribution in [2.75, 3.05) is 13.7 Å². The van der Waals surface area contributed by atoms with Gasteiger partial charge in [-0.05, 0) is 54.4 Å². The van der Waals surface area contributed by atoms with E-state index < -0.39 is 17.3 Å². The summed E-state index contributed by atoms with van der Waals surface area (Å²) in [6.07, 6.45) is 0.747. The average molecular weight is 453 g/mol. The molecule has 0 amide bonds. The maximum absolute atomic E-state index is 13.6. The molecule has 9 heteroatoms. The fraction of sp³-hybridized carbons (Fsp3) is 0.217. The van der Waals surface area contributed by atoms with Crippen LogP contribution in [0.15, 0.2) is 52.1 Å². The first kappa shape index (κ1) is 20.4. The highest BCUT2D eigenvalue weighted by Crippen LogP contribution is 2.36. The number of nitrogens with zero attached hydrogens (tertiary/aromatic N) is 2. The van der Waals surface area contributed by atoms with Crippen molar-refractivity contribution in [2.45, 2.75) is 12.5 Å². The number of aromatic amines is 1. The minimum atomic E-state index is -0.643. The van der Waals surface area contributed by atoms with Crippen molar-refractivity contribution in [3.05, 3.63) is 85.1 Å². The Hall–Kier alpha value is -3.49. The van der Waals surface area contributed by atoms with Crippen LogP contribution in [-0.4, -0.2) is 32.9 Å². The Bertz CT molecular complexity index is 1470. The summed E-state index contributed by atoms with van der Waals surface area (Å²) in [5, 5.41) is 15.7. The Labute approximate surface area is 187 Å². The number of hydrogen-bond donors (Lipinski definition) is 3. The number of benzene rings is 2. The van der Waals surface area contributed by atoms with Crippen molar-refractivity contribution in [3.63, 3.8) is 0 Å². The van der Waals surface area contributed by atoms with E-state index in [4.69, 9.17) is 16.3 Å². The van der Waals surface area contributed by atoms with Gasteiger partial charge in [0, 0.05) is 35.2 Å². The van der Waals surface area contributed by atoms with E-state index in [0.29, 0.717) is 17.3 Å².